The molecule has 1 aromatic carbocycles. The van der Waals surface area contributed by atoms with Crippen molar-refractivity contribution in [3.8, 4) is 12.3 Å². The Morgan fingerprint density at radius 1 is 1.25 bits per heavy atom. The van der Waals surface area contributed by atoms with Crippen molar-refractivity contribution in [1.82, 2.24) is 5.32 Å². The van der Waals surface area contributed by atoms with E-state index in [9.17, 15) is 4.79 Å². The molecule has 2 aliphatic heterocycles. The summed E-state index contributed by atoms with van der Waals surface area (Å²) in [5.41, 5.74) is 0.898. The number of nitrogens with one attached hydrogen (secondary N) is 1. The van der Waals surface area contributed by atoms with Crippen LogP contribution in [0.4, 0.5) is 5.69 Å². The second-order valence-electron chi connectivity index (χ2n) is 6.55. The van der Waals surface area contributed by atoms with Crippen molar-refractivity contribution >= 4 is 11.6 Å². The summed E-state index contributed by atoms with van der Waals surface area (Å²) in [5.74, 6) is 2.71. The van der Waals surface area contributed by atoms with E-state index in [0.29, 0.717) is 19.3 Å². The Kier molecular flexibility index (Phi) is 5.14. The van der Waals surface area contributed by atoms with Crippen LogP contribution in [-0.4, -0.2) is 30.7 Å². The zero-order chi connectivity index (χ0) is 16.8. The van der Waals surface area contributed by atoms with E-state index < -0.39 is 0 Å². The molecule has 3 rings (SSSR count). The second-order valence-corrected chi connectivity index (χ2v) is 6.55. The van der Waals surface area contributed by atoms with Gasteiger partial charge in [-0.3, -0.25) is 4.79 Å². The molecule has 1 saturated heterocycles. The molecule has 1 aromatic rings. The predicted octanol–water partition coefficient (Wildman–Crippen LogP) is 3.13. The van der Waals surface area contributed by atoms with Gasteiger partial charge >= 0.3 is 0 Å². The van der Waals surface area contributed by atoms with Gasteiger partial charge in [0.15, 0.2) is 5.66 Å². The van der Waals surface area contributed by atoms with Crippen LogP contribution < -0.4 is 10.2 Å². The van der Waals surface area contributed by atoms with Gasteiger partial charge in [-0.15, -0.1) is 12.3 Å². The maximum absolute atomic E-state index is 12.2. The number of carbonyl (C=O) groups excluding carboxylic acids is 1. The molecule has 0 aliphatic carbocycles. The number of nitrogens with zero attached hydrogens (tertiary/aromatic N) is 3. The fourth-order valence-corrected chi connectivity index (χ4v) is 3.20. The van der Waals surface area contributed by atoms with Gasteiger partial charge in [-0.1, -0.05) is 18.2 Å². The number of rotatable bonds is 7. The summed E-state index contributed by atoms with van der Waals surface area (Å²) in [6.07, 6.45) is 9.80. The number of hydrogen-bond acceptors (Lipinski definition) is 4. The molecule has 0 bridgehead atoms. The van der Waals surface area contributed by atoms with Gasteiger partial charge < -0.3 is 10.2 Å². The van der Waals surface area contributed by atoms with Gasteiger partial charge in [0.05, 0.1) is 0 Å². The van der Waals surface area contributed by atoms with E-state index in [0.717, 1.165) is 32.4 Å². The monoisotopic (exact) mass is 324 g/mol. The Morgan fingerprint density at radius 2 is 1.96 bits per heavy atom. The Bertz CT molecular complexity index is 621. The molecule has 0 saturated carbocycles. The average Bonchev–Trinajstić information content (AvgIpc) is 3.40. The maximum Gasteiger partial charge on any atom is 0.220 e. The van der Waals surface area contributed by atoms with Crippen molar-refractivity contribution in [1.29, 1.82) is 0 Å². The van der Waals surface area contributed by atoms with Crippen molar-refractivity contribution in [2.45, 2.75) is 50.2 Å². The lowest BCUT2D eigenvalue weighted by molar-refractivity contribution is -0.122. The summed E-state index contributed by atoms with van der Waals surface area (Å²) < 4.78 is 0. The molecule has 0 spiro atoms. The van der Waals surface area contributed by atoms with Gasteiger partial charge in [-0.2, -0.15) is 10.2 Å². The van der Waals surface area contributed by atoms with Gasteiger partial charge in [0.2, 0.25) is 5.91 Å². The fraction of sp³-hybridized carbons (Fsp3) is 0.526. The fourth-order valence-electron chi connectivity index (χ4n) is 3.20. The topological polar surface area (TPSA) is 57.1 Å². The van der Waals surface area contributed by atoms with E-state index in [1.807, 2.05) is 6.07 Å². The van der Waals surface area contributed by atoms with Crippen molar-refractivity contribution in [2.24, 2.45) is 10.2 Å². The Balaban J connectivity index is 1.37. The standard InChI is InChI=1S/C19H24N4O/c1-2-3-12-19(21-22-19)13-9-18(24)20-16-10-14-23(15-11-16)17-7-5-4-6-8-17/h1,4-8,16H,3,9-15H2,(H,20,24). The molecule has 1 fully saturated rings. The molecule has 5 nitrogen and oxygen atoms in total. The highest BCUT2D eigenvalue weighted by Gasteiger charge is 2.39. The first-order valence-electron chi connectivity index (χ1n) is 8.68. The molecule has 5 heteroatoms. The first-order valence-corrected chi connectivity index (χ1v) is 8.68. The van der Waals surface area contributed by atoms with Gasteiger partial charge in [0.25, 0.3) is 0 Å². The number of carbonyl (C=O) groups is 1. The summed E-state index contributed by atoms with van der Waals surface area (Å²) in [6, 6.07) is 10.7. The average molecular weight is 324 g/mol. The lowest BCUT2D eigenvalue weighted by atomic mass is 10.0. The van der Waals surface area contributed by atoms with E-state index in [2.05, 4.69) is 50.6 Å². The van der Waals surface area contributed by atoms with Crippen LogP contribution in [0, 0.1) is 12.3 Å². The van der Waals surface area contributed by atoms with Gasteiger partial charge in [0.1, 0.15) is 0 Å². The van der Waals surface area contributed by atoms with E-state index in [1.165, 1.54) is 5.69 Å². The third kappa shape index (κ3) is 4.35. The highest BCUT2D eigenvalue weighted by atomic mass is 16.1. The van der Waals surface area contributed by atoms with Gasteiger partial charge in [-0.05, 0) is 25.0 Å². The largest absolute Gasteiger partial charge is 0.371 e. The summed E-state index contributed by atoms with van der Waals surface area (Å²) in [4.78, 5) is 14.5. The first-order chi connectivity index (χ1) is 11.7. The maximum atomic E-state index is 12.2. The van der Waals surface area contributed by atoms with Gasteiger partial charge in [-0.25, -0.2) is 0 Å². The van der Waals surface area contributed by atoms with Crippen molar-refractivity contribution < 1.29 is 4.79 Å². The normalized spacial score (nSPS) is 18.9. The minimum atomic E-state index is -0.361. The lowest BCUT2D eigenvalue weighted by Crippen LogP contribution is -2.44. The van der Waals surface area contributed by atoms with Crippen LogP contribution in [0.2, 0.25) is 0 Å². The molecule has 0 aromatic heterocycles. The van der Waals surface area contributed by atoms with E-state index in [-0.39, 0.29) is 17.6 Å². The first kappa shape index (κ1) is 16.5. The number of anilines is 1. The molecule has 24 heavy (non-hydrogen) atoms. The number of para-hydroxylation sites is 1. The molecular weight excluding hydrogens is 300 g/mol. The number of piperidine rings is 1. The van der Waals surface area contributed by atoms with E-state index in [4.69, 9.17) is 6.42 Å². The number of terminal acetylenes is 1. The molecule has 0 radical (unpaired) electrons. The molecule has 0 unspecified atom stereocenters. The molecule has 2 aliphatic rings. The summed E-state index contributed by atoms with van der Waals surface area (Å²) in [6.45, 7) is 1.96. The van der Waals surface area contributed by atoms with Crippen molar-refractivity contribution in [3.05, 3.63) is 30.3 Å². The number of hydrogen-bond donors (Lipinski definition) is 1. The molecule has 126 valence electrons. The van der Waals surface area contributed by atoms with Crippen LogP contribution in [0.3, 0.4) is 0 Å². The zero-order valence-electron chi connectivity index (χ0n) is 13.9. The van der Waals surface area contributed by atoms with Crippen molar-refractivity contribution in [2.75, 3.05) is 18.0 Å². The minimum absolute atomic E-state index is 0.102. The van der Waals surface area contributed by atoms with Crippen LogP contribution in [-0.2, 0) is 4.79 Å². The third-order valence-corrected chi connectivity index (χ3v) is 4.79. The van der Waals surface area contributed by atoms with Gasteiger partial charge in [0, 0.05) is 50.5 Å². The molecule has 2 heterocycles. The SMILES string of the molecule is C#CCCC1(CCC(=O)NC2CCN(c3ccccc3)CC2)N=N1. The second kappa shape index (κ2) is 7.48. The van der Waals surface area contributed by atoms with E-state index in [1.54, 1.807) is 0 Å². The molecule has 1 amide bonds. The Labute approximate surface area is 143 Å². The highest BCUT2D eigenvalue weighted by molar-refractivity contribution is 5.76. The lowest BCUT2D eigenvalue weighted by Gasteiger charge is -2.34. The Morgan fingerprint density at radius 3 is 2.58 bits per heavy atom. The summed E-state index contributed by atoms with van der Waals surface area (Å²) in [5, 5.41) is 11.3. The number of benzene rings is 1. The molecule has 0 atom stereocenters. The Hall–Kier alpha value is -2.35. The molecule has 1 N–H and O–H groups in total. The summed E-state index contributed by atoms with van der Waals surface area (Å²) >= 11 is 0. The minimum Gasteiger partial charge on any atom is -0.371 e. The van der Waals surface area contributed by atoms with Crippen molar-refractivity contribution in [3.63, 3.8) is 0 Å². The summed E-state index contributed by atoms with van der Waals surface area (Å²) in [7, 11) is 0. The van der Waals surface area contributed by atoms with Crippen LogP contribution in [0.5, 0.6) is 0 Å². The van der Waals surface area contributed by atoms with Crippen LogP contribution >= 0.6 is 0 Å². The van der Waals surface area contributed by atoms with Crippen LogP contribution in [0.15, 0.2) is 40.6 Å². The number of amides is 1. The smallest absolute Gasteiger partial charge is 0.220 e. The zero-order valence-corrected chi connectivity index (χ0v) is 13.9. The van der Waals surface area contributed by atoms with E-state index >= 15 is 0 Å². The predicted molar refractivity (Wildman–Crippen MR) is 94.7 cm³/mol. The third-order valence-electron chi connectivity index (χ3n) is 4.79. The van der Waals surface area contributed by atoms with Crippen LogP contribution in [0.25, 0.3) is 0 Å². The van der Waals surface area contributed by atoms with Crippen LogP contribution in [0.1, 0.15) is 38.5 Å². The quantitative estimate of drug-likeness (QED) is 0.783. The highest BCUT2D eigenvalue weighted by Crippen LogP contribution is 2.37. The molecular formula is C19H24N4O.